The molecular formula is C17H31N5. The number of guanidine groups is 1. The highest BCUT2D eigenvalue weighted by atomic mass is 15.1. The maximum absolute atomic E-state index is 5.89. The minimum absolute atomic E-state index is 0.525. The zero-order valence-electron chi connectivity index (χ0n) is 14.3. The van der Waals surface area contributed by atoms with E-state index in [2.05, 4.69) is 22.2 Å². The van der Waals surface area contributed by atoms with E-state index in [0.717, 1.165) is 24.3 Å². The molecule has 0 amide bonds. The minimum Gasteiger partial charge on any atom is -0.370 e. The normalized spacial score (nSPS) is 11.5. The molecule has 0 spiro atoms. The second-order valence-electron chi connectivity index (χ2n) is 5.81. The first kappa shape index (κ1) is 18.3. The van der Waals surface area contributed by atoms with Crippen LogP contribution in [0.2, 0.25) is 0 Å². The predicted octanol–water partition coefficient (Wildman–Crippen LogP) is 2.91. The topological polar surface area (TPSA) is 66.5 Å². The lowest BCUT2D eigenvalue weighted by Gasteiger charge is -2.11. The summed E-state index contributed by atoms with van der Waals surface area (Å²) in [6, 6.07) is 4.00. The zero-order chi connectivity index (χ0) is 16.2. The van der Waals surface area contributed by atoms with Crippen LogP contribution < -0.4 is 16.0 Å². The number of rotatable bonds is 10. The van der Waals surface area contributed by atoms with Crippen LogP contribution in [0.1, 0.15) is 51.0 Å². The molecule has 0 saturated carbocycles. The molecule has 0 radical (unpaired) electrons. The zero-order valence-corrected chi connectivity index (χ0v) is 14.3. The molecule has 0 aliphatic carbocycles. The lowest BCUT2D eigenvalue weighted by molar-refractivity contribution is 0.601. The lowest BCUT2D eigenvalue weighted by Crippen LogP contribution is -2.32. The molecule has 22 heavy (non-hydrogen) atoms. The fourth-order valence-electron chi connectivity index (χ4n) is 2.16. The van der Waals surface area contributed by atoms with Gasteiger partial charge in [0.15, 0.2) is 5.96 Å². The Morgan fingerprint density at radius 2 is 1.95 bits per heavy atom. The van der Waals surface area contributed by atoms with Crippen molar-refractivity contribution >= 4 is 11.8 Å². The van der Waals surface area contributed by atoms with Gasteiger partial charge in [-0.3, -0.25) is 0 Å². The smallest absolute Gasteiger partial charge is 0.188 e. The van der Waals surface area contributed by atoms with Crippen LogP contribution >= 0.6 is 0 Å². The standard InChI is InChI=1S/C17H31N5/c1-4-5-6-7-8-9-11-20-17(18)21-14-15-10-12-19-16(13-15)22(2)3/h10,12-13H,4-9,11,14H2,1-3H3,(H3,18,20,21). The Hall–Kier alpha value is -1.78. The van der Waals surface area contributed by atoms with E-state index in [1.54, 1.807) is 6.20 Å². The van der Waals surface area contributed by atoms with Crippen molar-refractivity contribution < 1.29 is 0 Å². The lowest BCUT2D eigenvalue weighted by atomic mass is 10.1. The van der Waals surface area contributed by atoms with Crippen LogP contribution in [0.5, 0.6) is 0 Å². The SMILES string of the molecule is CCCCCCCCNC(N)=NCc1ccnc(N(C)C)c1. The van der Waals surface area contributed by atoms with Gasteiger partial charge in [-0.05, 0) is 24.1 Å². The molecule has 124 valence electrons. The Bertz CT molecular complexity index is 442. The summed E-state index contributed by atoms with van der Waals surface area (Å²) in [5, 5.41) is 3.18. The van der Waals surface area contributed by atoms with Crippen LogP contribution in [-0.2, 0) is 6.54 Å². The Labute approximate surface area is 135 Å². The maximum Gasteiger partial charge on any atom is 0.188 e. The van der Waals surface area contributed by atoms with E-state index in [1.165, 1.54) is 32.1 Å². The van der Waals surface area contributed by atoms with Gasteiger partial charge in [-0.25, -0.2) is 9.98 Å². The van der Waals surface area contributed by atoms with Gasteiger partial charge in [0.1, 0.15) is 5.82 Å². The van der Waals surface area contributed by atoms with Crippen molar-refractivity contribution in [3.63, 3.8) is 0 Å². The number of pyridine rings is 1. The number of unbranched alkanes of at least 4 members (excludes halogenated alkanes) is 5. The van der Waals surface area contributed by atoms with Crippen molar-refractivity contribution in [2.45, 2.75) is 52.0 Å². The molecule has 0 unspecified atom stereocenters. The summed E-state index contributed by atoms with van der Waals surface area (Å²) in [5.74, 6) is 1.46. The number of nitrogens with two attached hydrogens (primary N) is 1. The van der Waals surface area contributed by atoms with Gasteiger partial charge in [-0.1, -0.05) is 39.0 Å². The fraction of sp³-hybridized carbons (Fsp3) is 0.647. The Balaban J connectivity index is 2.24. The quantitative estimate of drug-likeness (QED) is 0.396. The second kappa shape index (κ2) is 10.9. The molecule has 0 aromatic carbocycles. The number of hydrogen-bond acceptors (Lipinski definition) is 3. The number of aromatic nitrogens is 1. The summed E-state index contributed by atoms with van der Waals surface area (Å²) in [5.41, 5.74) is 7.01. The summed E-state index contributed by atoms with van der Waals surface area (Å²) in [7, 11) is 3.96. The first-order valence-electron chi connectivity index (χ1n) is 8.29. The molecule has 5 nitrogen and oxygen atoms in total. The molecule has 1 aromatic rings. The van der Waals surface area contributed by atoms with Crippen molar-refractivity contribution in [1.82, 2.24) is 10.3 Å². The molecule has 0 atom stereocenters. The summed E-state index contributed by atoms with van der Waals surface area (Å²) < 4.78 is 0. The summed E-state index contributed by atoms with van der Waals surface area (Å²) in [4.78, 5) is 10.6. The number of hydrogen-bond donors (Lipinski definition) is 2. The minimum atomic E-state index is 0.525. The Morgan fingerprint density at radius 1 is 1.23 bits per heavy atom. The van der Waals surface area contributed by atoms with E-state index in [-0.39, 0.29) is 0 Å². The van der Waals surface area contributed by atoms with Crippen LogP contribution in [0.3, 0.4) is 0 Å². The number of anilines is 1. The van der Waals surface area contributed by atoms with Crippen LogP contribution in [-0.4, -0.2) is 31.6 Å². The van der Waals surface area contributed by atoms with Gasteiger partial charge in [-0.15, -0.1) is 0 Å². The molecule has 0 saturated heterocycles. The second-order valence-corrected chi connectivity index (χ2v) is 5.81. The van der Waals surface area contributed by atoms with Crippen molar-refractivity contribution in [3.05, 3.63) is 23.9 Å². The fourth-order valence-corrected chi connectivity index (χ4v) is 2.16. The van der Waals surface area contributed by atoms with Crippen molar-refractivity contribution in [1.29, 1.82) is 0 Å². The van der Waals surface area contributed by atoms with Gasteiger partial charge in [0, 0.05) is 26.8 Å². The molecular weight excluding hydrogens is 274 g/mol. The van der Waals surface area contributed by atoms with E-state index in [4.69, 9.17) is 5.73 Å². The molecule has 1 heterocycles. The summed E-state index contributed by atoms with van der Waals surface area (Å²) in [6.07, 6.45) is 9.52. The van der Waals surface area contributed by atoms with Crippen LogP contribution in [0.25, 0.3) is 0 Å². The van der Waals surface area contributed by atoms with Gasteiger partial charge < -0.3 is 16.0 Å². The van der Waals surface area contributed by atoms with Gasteiger partial charge in [-0.2, -0.15) is 0 Å². The number of nitrogens with one attached hydrogen (secondary N) is 1. The predicted molar refractivity (Wildman–Crippen MR) is 95.3 cm³/mol. The van der Waals surface area contributed by atoms with E-state index in [9.17, 15) is 0 Å². The van der Waals surface area contributed by atoms with Crippen LogP contribution in [0.15, 0.2) is 23.3 Å². The Kier molecular flexibility index (Phi) is 9.03. The molecule has 1 aromatic heterocycles. The molecule has 3 N–H and O–H groups in total. The van der Waals surface area contributed by atoms with E-state index in [0.29, 0.717) is 12.5 Å². The third kappa shape index (κ3) is 7.86. The third-order valence-corrected chi connectivity index (χ3v) is 3.54. The van der Waals surface area contributed by atoms with Gasteiger partial charge in [0.25, 0.3) is 0 Å². The van der Waals surface area contributed by atoms with Crippen molar-refractivity contribution in [3.8, 4) is 0 Å². The largest absolute Gasteiger partial charge is 0.370 e. The molecule has 5 heteroatoms. The van der Waals surface area contributed by atoms with Gasteiger partial charge in [0.05, 0.1) is 6.54 Å². The van der Waals surface area contributed by atoms with Crippen LogP contribution in [0.4, 0.5) is 5.82 Å². The van der Waals surface area contributed by atoms with Crippen molar-refractivity contribution in [2.75, 3.05) is 25.5 Å². The molecule has 1 rings (SSSR count). The Morgan fingerprint density at radius 3 is 2.68 bits per heavy atom. The third-order valence-electron chi connectivity index (χ3n) is 3.54. The highest BCUT2D eigenvalue weighted by Crippen LogP contribution is 2.10. The molecule has 0 fully saturated rings. The average Bonchev–Trinajstić information content (AvgIpc) is 2.52. The first-order chi connectivity index (χ1) is 10.6. The highest BCUT2D eigenvalue weighted by Gasteiger charge is 1.99. The van der Waals surface area contributed by atoms with E-state index < -0.39 is 0 Å². The summed E-state index contributed by atoms with van der Waals surface area (Å²) in [6.45, 7) is 3.72. The first-order valence-corrected chi connectivity index (χ1v) is 8.29. The van der Waals surface area contributed by atoms with Gasteiger partial charge >= 0.3 is 0 Å². The van der Waals surface area contributed by atoms with E-state index >= 15 is 0 Å². The highest BCUT2D eigenvalue weighted by molar-refractivity contribution is 5.77. The van der Waals surface area contributed by atoms with Crippen LogP contribution in [0, 0.1) is 0 Å². The molecule has 0 aliphatic rings. The van der Waals surface area contributed by atoms with Crippen molar-refractivity contribution in [2.24, 2.45) is 10.7 Å². The molecule has 0 bridgehead atoms. The van der Waals surface area contributed by atoms with Gasteiger partial charge in [0.2, 0.25) is 0 Å². The monoisotopic (exact) mass is 305 g/mol. The molecule has 0 aliphatic heterocycles. The number of nitrogens with zero attached hydrogens (tertiary/aromatic N) is 3. The maximum atomic E-state index is 5.89. The average molecular weight is 305 g/mol. The van der Waals surface area contributed by atoms with E-state index in [1.807, 2.05) is 31.1 Å². The summed E-state index contributed by atoms with van der Waals surface area (Å²) >= 11 is 0. The number of aliphatic imine (C=N–C) groups is 1.